The van der Waals surface area contributed by atoms with E-state index in [1.54, 1.807) is 41.3 Å². The van der Waals surface area contributed by atoms with Crippen molar-refractivity contribution in [2.45, 2.75) is 26.0 Å². The zero-order valence-electron chi connectivity index (χ0n) is 21.4. The molecule has 37 heavy (non-hydrogen) atoms. The molecule has 1 aromatic heterocycles. The molecule has 1 aliphatic heterocycles. The molecule has 3 aromatic rings. The van der Waals surface area contributed by atoms with Crippen LogP contribution in [0.25, 0.3) is 0 Å². The van der Waals surface area contributed by atoms with Gasteiger partial charge in [0.15, 0.2) is 0 Å². The van der Waals surface area contributed by atoms with Gasteiger partial charge in [-0.25, -0.2) is 13.8 Å². The lowest BCUT2D eigenvalue weighted by Gasteiger charge is -2.22. The molecule has 0 spiro atoms. The standard InChI is InChI=1S/C28H33F2N5O2/c1-4-32-26-11-10-23-27(33-26)34(3)14-15-35(28(23)36)18-20-8-9-22(17-24(20)30)37-25(12-13-31-2)19-6-5-7-21(29)16-19/h5-11,16-17,25,31H,4,12-15,18H2,1-3H3,(H,32,33)/t25-/m1/s1. The number of hydrogen-bond donors (Lipinski definition) is 2. The molecule has 0 aliphatic carbocycles. The smallest absolute Gasteiger partial charge is 0.257 e. The van der Waals surface area contributed by atoms with E-state index in [-0.39, 0.29) is 18.3 Å². The van der Waals surface area contributed by atoms with E-state index >= 15 is 4.39 Å². The number of ether oxygens (including phenoxy) is 1. The first kappa shape index (κ1) is 26.3. The van der Waals surface area contributed by atoms with Gasteiger partial charge in [-0.2, -0.15) is 0 Å². The number of aromatic nitrogens is 1. The summed E-state index contributed by atoms with van der Waals surface area (Å²) in [5.74, 6) is 0.670. The lowest BCUT2D eigenvalue weighted by Crippen LogP contribution is -2.33. The van der Waals surface area contributed by atoms with Crippen molar-refractivity contribution in [3.63, 3.8) is 0 Å². The number of anilines is 2. The minimum Gasteiger partial charge on any atom is -0.486 e. The Morgan fingerprint density at radius 1 is 1.11 bits per heavy atom. The Kier molecular flexibility index (Phi) is 8.55. The monoisotopic (exact) mass is 509 g/mol. The average molecular weight is 510 g/mol. The van der Waals surface area contributed by atoms with E-state index in [2.05, 4.69) is 15.6 Å². The van der Waals surface area contributed by atoms with Gasteiger partial charge in [-0.1, -0.05) is 18.2 Å². The Morgan fingerprint density at radius 2 is 1.95 bits per heavy atom. The van der Waals surface area contributed by atoms with Crippen molar-refractivity contribution >= 4 is 17.5 Å². The molecule has 0 unspecified atom stereocenters. The fourth-order valence-corrected chi connectivity index (χ4v) is 4.36. The number of rotatable bonds is 10. The van der Waals surface area contributed by atoms with E-state index in [4.69, 9.17) is 4.74 Å². The third kappa shape index (κ3) is 6.35. The Balaban J connectivity index is 1.51. The van der Waals surface area contributed by atoms with Crippen LogP contribution in [0.1, 0.15) is 40.9 Å². The van der Waals surface area contributed by atoms with E-state index in [0.717, 1.165) is 6.54 Å². The van der Waals surface area contributed by atoms with E-state index in [1.165, 1.54) is 18.2 Å². The van der Waals surface area contributed by atoms with E-state index in [1.807, 2.05) is 25.9 Å². The van der Waals surface area contributed by atoms with Crippen molar-refractivity contribution in [1.82, 2.24) is 15.2 Å². The Hall–Kier alpha value is -3.72. The number of halogens is 2. The molecule has 0 radical (unpaired) electrons. The fourth-order valence-electron chi connectivity index (χ4n) is 4.36. The van der Waals surface area contributed by atoms with Gasteiger partial charge in [-0.3, -0.25) is 4.79 Å². The Morgan fingerprint density at radius 3 is 2.68 bits per heavy atom. The highest BCUT2D eigenvalue weighted by Gasteiger charge is 2.27. The number of nitrogens with zero attached hydrogens (tertiary/aromatic N) is 3. The second-order valence-corrected chi connectivity index (χ2v) is 9.05. The quantitative estimate of drug-likeness (QED) is 0.416. The number of nitrogens with one attached hydrogen (secondary N) is 2. The van der Waals surface area contributed by atoms with Crippen LogP contribution in [0.3, 0.4) is 0 Å². The van der Waals surface area contributed by atoms with E-state index in [9.17, 15) is 9.18 Å². The first-order valence-electron chi connectivity index (χ1n) is 12.5. The number of hydrogen-bond acceptors (Lipinski definition) is 6. The van der Waals surface area contributed by atoms with Crippen LogP contribution in [0.5, 0.6) is 5.75 Å². The summed E-state index contributed by atoms with van der Waals surface area (Å²) in [5, 5.41) is 6.24. The first-order chi connectivity index (χ1) is 17.9. The predicted octanol–water partition coefficient (Wildman–Crippen LogP) is 4.61. The molecule has 2 aromatic carbocycles. The van der Waals surface area contributed by atoms with Gasteiger partial charge in [0, 0.05) is 51.3 Å². The van der Waals surface area contributed by atoms with Crippen molar-refractivity contribution in [3.8, 4) is 5.75 Å². The van der Waals surface area contributed by atoms with Crippen molar-refractivity contribution in [2.24, 2.45) is 0 Å². The van der Waals surface area contributed by atoms with Crippen molar-refractivity contribution < 1.29 is 18.3 Å². The summed E-state index contributed by atoms with van der Waals surface area (Å²) in [6.07, 6.45) is 0.148. The van der Waals surface area contributed by atoms with Crippen LogP contribution < -0.4 is 20.3 Å². The molecular weight excluding hydrogens is 476 g/mol. The van der Waals surface area contributed by atoms with Gasteiger partial charge in [-0.15, -0.1) is 0 Å². The zero-order chi connectivity index (χ0) is 26.4. The molecular formula is C28H33F2N5O2. The second kappa shape index (κ2) is 12.0. The van der Waals surface area contributed by atoms with Crippen LogP contribution in [0.2, 0.25) is 0 Å². The summed E-state index contributed by atoms with van der Waals surface area (Å²) < 4.78 is 35.0. The minimum absolute atomic E-state index is 0.125. The lowest BCUT2D eigenvalue weighted by atomic mass is 10.1. The van der Waals surface area contributed by atoms with Gasteiger partial charge in [0.25, 0.3) is 5.91 Å². The number of pyridine rings is 1. The van der Waals surface area contributed by atoms with Crippen molar-refractivity contribution in [1.29, 1.82) is 0 Å². The molecule has 0 fully saturated rings. The third-order valence-electron chi connectivity index (χ3n) is 6.36. The fraction of sp³-hybridized carbons (Fsp3) is 0.357. The molecule has 196 valence electrons. The van der Waals surface area contributed by atoms with E-state index < -0.39 is 11.9 Å². The second-order valence-electron chi connectivity index (χ2n) is 9.05. The van der Waals surface area contributed by atoms with Crippen LogP contribution in [-0.4, -0.2) is 56.1 Å². The van der Waals surface area contributed by atoms with Gasteiger partial charge in [-0.05, 0) is 56.4 Å². The summed E-state index contributed by atoms with van der Waals surface area (Å²) in [7, 11) is 3.72. The Bertz CT molecular complexity index is 1240. The number of benzene rings is 2. The minimum atomic E-state index is -0.463. The number of carbonyl (C=O) groups excluding carboxylic acids is 1. The third-order valence-corrected chi connectivity index (χ3v) is 6.36. The van der Waals surface area contributed by atoms with Crippen LogP contribution in [-0.2, 0) is 6.54 Å². The topological polar surface area (TPSA) is 69.7 Å². The molecule has 0 saturated carbocycles. The van der Waals surface area contributed by atoms with Crippen molar-refractivity contribution in [3.05, 3.63) is 82.9 Å². The molecule has 0 bridgehead atoms. The lowest BCUT2D eigenvalue weighted by molar-refractivity contribution is 0.0753. The molecule has 4 rings (SSSR count). The van der Waals surface area contributed by atoms with Crippen LogP contribution >= 0.6 is 0 Å². The Labute approximate surface area is 216 Å². The van der Waals surface area contributed by atoms with E-state index in [0.29, 0.717) is 60.1 Å². The molecule has 2 heterocycles. The summed E-state index contributed by atoms with van der Waals surface area (Å²) >= 11 is 0. The highest BCUT2D eigenvalue weighted by Crippen LogP contribution is 2.29. The maximum Gasteiger partial charge on any atom is 0.257 e. The van der Waals surface area contributed by atoms with Gasteiger partial charge < -0.3 is 25.2 Å². The number of amides is 1. The normalized spacial score (nSPS) is 14.2. The van der Waals surface area contributed by atoms with Gasteiger partial charge in [0.1, 0.15) is 35.1 Å². The molecule has 2 N–H and O–H groups in total. The number of fused-ring (bicyclic) bond motifs is 1. The highest BCUT2D eigenvalue weighted by molar-refractivity contribution is 5.99. The number of carbonyl (C=O) groups is 1. The molecule has 9 heteroatoms. The SMILES string of the molecule is CCNc1ccc2c(n1)N(C)CCN(Cc1ccc(O[C@H](CCNC)c3cccc(F)c3)cc1F)C2=O. The zero-order valence-corrected chi connectivity index (χ0v) is 21.4. The van der Waals surface area contributed by atoms with Crippen LogP contribution in [0.15, 0.2) is 54.6 Å². The number of likely N-dealkylation sites (N-methyl/N-ethyl adjacent to an activating group) is 1. The molecule has 1 amide bonds. The maximum absolute atomic E-state index is 15.2. The highest BCUT2D eigenvalue weighted by atomic mass is 19.1. The summed E-state index contributed by atoms with van der Waals surface area (Å²) in [4.78, 5) is 21.5. The largest absolute Gasteiger partial charge is 0.486 e. The van der Waals surface area contributed by atoms with Crippen LogP contribution in [0.4, 0.5) is 20.4 Å². The first-order valence-corrected chi connectivity index (χ1v) is 12.5. The summed E-state index contributed by atoms with van der Waals surface area (Å²) in [6, 6.07) is 14.4. The predicted molar refractivity (Wildman–Crippen MR) is 141 cm³/mol. The molecule has 1 atom stereocenters. The van der Waals surface area contributed by atoms with Gasteiger partial charge in [0.2, 0.25) is 0 Å². The average Bonchev–Trinajstić information content (AvgIpc) is 3.00. The molecule has 7 nitrogen and oxygen atoms in total. The molecule has 1 aliphatic rings. The molecule has 0 saturated heterocycles. The van der Waals surface area contributed by atoms with Gasteiger partial charge >= 0.3 is 0 Å². The maximum atomic E-state index is 15.2. The van der Waals surface area contributed by atoms with Crippen LogP contribution in [0, 0.1) is 11.6 Å². The van der Waals surface area contributed by atoms with Crippen molar-refractivity contribution in [2.75, 3.05) is 50.5 Å². The summed E-state index contributed by atoms with van der Waals surface area (Å²) in [6.45, 7) is 4.50. The summed E-state index contributed by atoms with van der Waals surface area (Å²) in [5.41, 5.74) is 1.56. The van der Waals surface area contributed by atoms with Gasteiger partial charge in [0.05, 0.1) is 5.56 Å².